The molecule has 0 unspecified atom stereocenters. The van der Waals surface area contributed by atoms with Gasteiger partial charge in [0.25, 0.3) is 11.5 Å². The molecule has 1 amide bonds. The second-order valence-corrected chi connectivity index (χ2v) is 4.23. The number of carboxylic acid groups (broad SMARTS) is 1. The van der Waals surface area contributed by atoms with Crippen LogP contribution in [-0.4, -0.2) is 33.1 Å². The van der Waals surface area contributed by atoms with Gasteiger partial charge in [-0.2, -0.15) is 0 Å². The van der Waals surface area contributed by atoms with Crippen LogP contribution in [0, 0.1) is 0 Å². The maximum absolute atomic E-state index is 11.7. The van der Waals surface area contributed by atoms with E-state index in [-0.39, 0.29) is 35.8 Å². The molecule has 7 heteroatoms. The molecule has 21 heavy (non-hydrogen) atoms. The lowest BCUT2D eigenvalue weighted by Gasteiger charge is -2.08. The fraction of sp³-hybridized carbons (Fsp3) is 0.143. The van der Waals surface area contributed by atoms with E-state index in [1.54, 1.807) is 18.2 Å². The van der Waals surface area contributed by atoms with Crippen molar-refractivity contribution in [2.24, 2.45) is 0 Å². The van der Waals surface area contributed by atoms with Gasteiger partial charge < -0.3 is 15.0 Å². The normalized spacial score (nSPS) is 10.1. The number of pyridine rings is 2. The Morgan fingerprint density at radius 2 is 2.05 bits per heavy atom. The molecule has 0 aromatic carbocycles. The van der Waals surface area contributed by atoms with Gasteiger partial charge in [0, 0.05) is 31.5 Å². The number of hydrogen-bond donors (Lipinski definition) is 2. The van der Waals surface area contributed by atoms with Crippen molar-refractivity contribution in [1.82, 2.24) is 14.9 Å². The summed E-state index contributed by atoms with van der Waals surface area (Å²) in [5, 5.41) is 11.5. The van der Waals surface area contributed by atoms with E-state index in [2.05, 4.69) is 10.3 Å². The highest BCUT2D eigenvalue weighted by atomic mass is 16.4. The summed E-state index contributed by atoms with van der Waals surface area (Å²) in [6.07, 6.45) is 2.76. The van der Waals surface area contributed by atoms with Crippen molar-refractivity contribution in [2.75, 3.05) is 6.54 Å². The fourth-order valence-electron chi connectivity index (χ4n) is 1.71. The lowest BCUT2D eigenvalue weighted by Crippen LogP contribution is -2.31. The van der Waals surface area contributed by atoms with E-state index in [1.165, 1.54) is 29.1 Å². The number of hydrogen-bond acceptors (Lipinski definition) is 4. The van der Waals surface area contributed by atoms with Crippen molar-refractivity contribution >= 4 is 11.9 Å². The van der Waals surface area contributed by atoms with Crippen LogP contribution < -0.4 is 10.9 Å². The smallest absolute Gasteiger partial charge is 0.337 e. The summed E-state index contributed by atoms with van der Waals surface area (Å²) in [7, 11) is 0. The van der Waals surface area contributed by atoms with E-state index < -0.39 is 5.97 Å². The van der Waals surface area contributed by atoms with Crippen LogP contribution in [0.2, 0.25) is 0 Å². The predicted molar refractivity (Wildman–Crippen MR) is 74.2 cm³/mol. The Balaban J connectivity index is 1.98. The standard InChI is InChI=1S/C14H13N3O4/c18-12-5-4-10(14(20)21)9-17(12)8-7-16-13(19)11-3-1-2-6-15-11/h1-6,9H,7-8H2,(H,16,19)(H,20,21). The van der Waals surface area contributed by atoms with Crippen LogP contribution in [0.4, 0.5) is 0 Å². The van der Waals surface area contributed by atoms with Crippen molar-refractivity contribution in [3.8, 4) is 0 Å². The summed E-state index contributed by atoms with van der Waals surface area (Å²) < 4.78 is 1.24. The minimum Gasteiger partial charge on any atom is -0.478 e. The van der Waals surface area contributed by atoms with Crippen molar-refractivity contribution in [3.63, 3.8) is 0 Å². The molecule has 2 N–H and O–H groups in total. The second kappa shape index (κ2) is 6.47. The monoisotopic (exact) mass is 287 g/mol. The Hall–Kier alpha value is -2.96. The second-order valence-electron chi connectivity index (χ2n) is 4.23. The fourth-order valence-corrected chi connectivity index (χ4v) is 1.71. The molecule has 2 rings (SSSR count). The Morgan fingerprint density at radius 1 is 1.24 bits per heavy atom. The number of rotatable bonds is 5. The molecule has 7 nitrogen and oxygen atoms in total. The molecule has 0 aliphatic carbocycles. The average Bonchev–Trinajstić information content (AvgIpc) is 2.49. The summed E-state index contributed by atoms with van der Waals surface area (Å²) in [5.41, 5.74) is -0.0260. The molecule has 0 saturated carbocycles. The number of carbonyl (C=O) groups is 2. The molecule has 108 valence electrons. The van der Waals surface area contributed by atoms with E-state index in [0.717, 1.165) is 0 Å². The van der Waals surface area contributed by atoms with Gasteiger partial charge in [0.1, 0.15) is 5.69 Å². The first kappa shape index (κ1) is 14.4. The predicted octanol–water partition coefficient (Wildman–Crippen LogP) is 0.371. The lowest BCUT2D eigenvalue weighted by atomic mass is 10.3. The van der Waals surface area contributed by atoms with E-state index in [4.69, 9.17) is 5.11 Å². The minimum atomic E-state index is -1.11. The third-order valence-electron chi connectivity index (χ3n) is 2.77. The number of aromatic nitrogens is 2. The summed E-state index contributed by atoms with van der Waals surface area (Å²) in [5.74, 6) is -1.46. The largest absolute Gasteiger partial charge is 0.478 e. The highest BCUT2D eigenvalue weighted by molar-refractivity contribution is 5.92. The quantitative estimate of drug-likeness (QED) is 0.827. The highest BCUT2D eigenvalue weighted by Crippen LogP contribution is 1.96. The van der Waals surface area contributed by atoms with Crippen molar-refractivity contribution < 1.29 is 14.7 Å². The number of nitrogens with zero attached hydrogens (tertiary/aromatic N) is 2. The van der Waals surface area contributed by atoms with Gasteiger partial charge in [-0.05, 0) is 18.2 Å². The molecule has 0 radical (unpaired) electrons. The molecule has 0 fully saturated rings. The van der Waals surface area contributed by atoms with Gasteiger partial charge in [0.15, 0.2) is 0 Å². The first-order valence-corrected chi connectivity index (χ1v) is 6.21. The maximum Gasteiger partial charge on any atom is 0.337 e. The summed E-state index contributed by atoms with van der Waals surface area (Å²) >= 11 is 0. The van der Waals surface area contributed by atoms with Gasteiger partial charge in [0.2, 0.25) is 0 Å². The van der Waals surface area contributed by atoms with Gasteiger partial charge in [-0.1, -0.05) is 6.07 Å². The third-order valence-corrected chi connectivity index (χ3v) is 2.77. The Bertz CT molecular complexity index is 710. The number of aromatic carboxylic acids is 1. The summed E-state index contributed by atoms with van der Waals surface area (Å²) in [6.45, 7) is 0.372. The van der Waals surface area contributed by atoms with Crippen LogP contribution >= 0.6 is 0 Å². The topological polar surface area (TPSA) is 101 Å². The molecule has 0 bridgehead atoms. The van der Waals surface area contributed by atoms with Crippen LogP contribution in [0.25, 0.3) is 0 Å². The summed E-state index contributed by atoms with van der Waals surface area (Å²) in [6, 6.07) is 7.40. The zero-order chi connectivity index (χ0) is 15.2. The molecule has 2 aromatic heterocycles. The maximum atomic E-state index is 11.7. The number of carboxylic acids is 1. The Labute approximate surface area is 119 Å². The van der Waals surface area contributed by atoms with Crippen LogP contribution in [0.5, 0.6) is 0 Å². The molecular weight excluding hydrogens is 274 g/mol. The van der Waals surface area contributed by atoms with Crippen LogP contribution in [0.1, 0.15) is 20.8 Å². The van der Waals surface area contributed by atoms with Gasteiger partial charge in [0.05, 0.1) is 5.56 Å². The van der Waals surface area contributed by atoms with E-state index >= 15 is 0 Å². The number of nitrogens with one attached hydrogen (secondary N) is 1. The number of amides is 1. The zero-order valence-corrected chi connectivity index (χ0v) is 11.0. The number of carbonyl (C=O) groups excluding carboxylic acids is 1. The third kappa shape index (κ3) is 3.75. The SMILES string of the molecule is O=C(O)c1ccc(=O)n(CCNC(=O)c2ccccn2)c1. The first-order valence-electron chi connectivity index (χ1n) is 6.21. The molecule has 0 aliphatic heterocycles. The average molecular weight is 287 g/mol. The lowest BCUT2D eigenvalue weighted by molar-refractivity contribution is 0.0695. The van der Waals surface area contributed by atoms with E-state index in [1.807, 2.05) is 0 Å². The zero-order valence-electron chi connectivity index (χ0n) is 11.0. The molecule has 0 saturated heterocycles. The molecule has 0 atom stereocenters. The summed E-state index contributed by atoms with van der Waals surface area (Å²) in [4.78, 5) is 38.1. The van der Waals surface area contributed by atoms with Gasteiger partial charge in [-0.3, -0.25) is 14.6 Å². The highest BCUT2D eigenvalue weighted by Gasteiger charge is 2.07. The molecule has 0 aliphatic rings. The van der Waals surface area contributed by atoms with Gasteiger partial charge in [-0.15, -0.1) is 0 Å². The van der Waals surface area contributed by atoms with Gasteiger partial charge >= 0.3 is 5.97 Å². The molecule has 2 aromatic rings. The Morgan fingerprint density at radius 3 is 2.71 bits per heavy atom. The molecule has 0 spiro atoms. The van der Waals surface area contributed by atoms with Crippen LogP contribution in [-0.2, 0) is 6.54 Å². The minimum absolute atomic E-state index is 0.0191. The van der Waals surface area contributed by atoms with Crippen LogP contribution in [0.3, 0.4) is 0 Å². The van der Waals surface area contributed by atoms with E-state index in [0.29, 0.717) is 0 Å². The van der Waals surface area contributed by atoms with E-state index in [9.17, 15) is 14.4 Å². The van der Waals surface area contributed by atoms with Crippen LogP contribution in [0.15, 0.2) is 47.5 Å². The molecule has 2 heterocycles. The Kier molecular flexibility index (Phi) is 4.45. The molecular formula is C14H13N3O4. The van der Waals surface area contributed by atoms with Crippen molar-refractivity contribution in [2.45, 2.75) is 6.54 Å². The van der Waals surface area contributed by atoms with Crippen molar-refractivity contribution in [1.29, 1.82) is 0 Å². The first-order chi connectivity index (χ1) is 10.1. The van der Waals surface area contributed by atoms with Crippen molar-refractivity contribution in [3.05, 3.63) is 64.3 Å². The van der Waals surface area contributed by atoms with Gasteiger partial charge in [-0.25, -0.2) is 4.79 Å².